The van der Waals surface area contributed by atoms with Gasteiger partial charge < -0.3 is 9.47 Å². The summed E-state index contributed by atoms with van der Waals surface area (Å²) in [6.45, 7) is 7.86. The Morgan fingerprint density at radius 3 is 1.73 bits per heavy atom. The van der Waals surface area contributed by atoms with Gasteiger partial charge in [0.1, 0.15) is 24.8 Å². The number of amides is 4. The van der Waals surface area contributed by atoms with Gasteiger partial charge in [-0.3, -0.25) is 9.59 Å². The molecule has 0 bridgehead atoms. The molecular formula is C42H48F2N2O6. The average molecular weight is 715 g/mol. The van der Waals surface area contributed by atoms with Crippen LogP contribution in [0.5, 0.6) is 0 Å². The number of halogens is 2. The number of carbonyl (C=O) groups is 4. The maximum absolute atomic E-state index is 14.4. The van der Waals surface area contributed by atoms with E-state index < -0.39 is 53.6 Å². The lowest BCUT2D eigenvalue weighted by Crippen LogP contribution is -2.43. The fourth-order valence-corrected chi connectivity index (χ4v) is 6.55. The predicted octanol–water partition coefficient (Wildman–Crippen LogP) is 8.98. The van der Waals surface area contributed by atoms with Crippen LogP contribution in [0.25, 0.3) is 0 Å². The van der Waals surface area contributed by atoms with Crippen LogP contribution in [0.15, 0.2) is 108 Å². The first-order valence-electron chi connectivity index (χ1n) is 17.9. The molecule has 276 valence electrons. The summed E-state index contributed by atoms with van der Waals surface area (Å²) in [6.07, 6.45) is 14.4. The van der Waals surface area contributed by atoms with E-state index in [1.165, 1.54) is 24.3 Å². The molecule has 2 saturated heterocycles. The third-order valence-electron chi connectivity index (χ3n) is 8.99. The smallest absolute Gasteiger partial charge is 0.417 e. The first kappa shape index (κ1) is 39.7. The van der Waals surface area contributed by atoms with Crippen molar-refractivity contribution in [2.45, 2.75) is 84.7 Å². The number of allylic oxidation sites excluding steroid dienone is 7. The van der Waals surface area contributed by atoms with E-state index in [0.29, 0.717) is 24.0 Å². The molecule has 0 radical (unpaired) electrons. The second-order valence-corrected chi connectivity index (χ2v) is 12.9. The predicted molar refractivity (Wildman–Crippen MR) is 196 cm³/mol. The number of hydrogen-bond donors (Lipinski definition) is 0. The summed E-state index contributed by atoms with van der Waals surface area (Å²) in [5.41, 5.74) is 3.41. The fraction of sp³-hybridized carbons (Fsp3) is 0.381. The van der Waals surface area contributed by atoms with Gasteiger partial charge in [0.15, 0.2) is 0 Å². The largest absolute Gasteiger partial charge is 0.447 e. The summed E-state index contributed by atoms with van der Waals surface area (Å²) < 4.78 is 38.5. The van der Waals surface area contributed by atoms with Crippen LogP contribution in [-0.2, 0) is 31.9 Å². The summed E-state index contributed by atoms with van der Waals surface area (Å²) >= 11 is 0. The van der Waals surface area contributed by atoms with Crippen molar-refractivity contribution in [1.82, 2.24) is 9.80 Å². The Morgan fingerprint density at radius 1 is 0.750 bits per heavy atom. The third kappa shape index (κ3) is 10.7. The maximum Gasteiger partial charge on any atom is 0.417 e. The minimum atomic E-state index is -0.856. The molecule has 2 fully saturated rings. The van der Waals surface area contributed by atoms with Crippen molar-refractivity contribution in [1.29, 1.82) is 0 Å². The van der Waals surface area contributed by atoms with Crippen molar-refractivity contribution in [2.75, 3.05) is 13.2 Å². The average Bonchev–Trinajstić information content (AvgIpc) is 3.67. The Morgan fingerprint density at radius 2 is 1.23 bits per heavy atom. The number of imide groups is 2. The molecule has 0 saturated carbocycles. The van der Waals surface area contributed by atoms with Crippen molar-refractivity contribution in [3.8, 4) is 0 Å². The van der Waals surface area contributed by atoms with E-state index in [-0.39, 0.29) is 38.0 Å². The van der Waals surface area contributed by atoms with Crippen molar-refractivity contribution in [2.24, 2.45) is 5.92 Å². The SMILES string of the molecule is CC=CC(=CCC)CC1COC(=O)N1C(=O)/C(=C/CC(Cc1ccc(F)cc1)C(=O)N1C(=O)OCC1CC(C=CC)=CCC)Cc1ccc(F)cc1. The van der Waals surface area contributed by atoms with E-state index in [1.54, 1.807) is 30.3 Å². The molecule has 2 aromatic rings. The zero-order chi connectivity index (χ0) is 37.6. The minimum absolute atomic E-state index is 0.00854. The van der Waals surface area contributed by atoms with Crippen LogP contribution in [-0.4, -0.2) is 59.1 Å². The molecule has 4 amide bonds. The highest BCUT2D eigenvalue weighted by atomic mass is 19.1. The van der Waals surface area contributed by atoms with Gasteiger partial charge in [-0.2, -0.15) is 0 Å². The van der Waals surface area contributed by atoms with E-state index in [4.69, 9.17) is 9.47 Å². The first-order valence-corrected chi connectivity index (χ1v) is 17.9. The summed E-state index contributed by atoms with van der Waals surface area (Å²) in [4.78, 5) is 57.2. The quantitative estimate of drug-likeness (QED) is 0.127. The molecule has 0 spiro atoms. The number of ether oxygens (including phenoxy) is 2. The third-order valence-corrected chi connectivity index (χ3v) is 8.99. The highest BCUT2D eigenvalue weighted by molar-refractivity contribution is 6.04. The summed E-state index contributed by atoms with van der Waals surface area (Å²) in [5.74, 6) is -2.80. The highest BCUT2D eigenvalue weighted by Crippen LogP contribution is 2.28. The number of rotatable bonds is 16. The summed E-state index contributed by atoms with van der Waals surface area (Å²) in [7, 11) is 0. The Balaban J connectivity index is 1.72. The minimum Gasteiger partial charge on any atom is -0.447 e. The number of carbonyl (C=O) groups excluding carboxylic acids is 4. The Labute approximate surface area is 305 Å². The van der Waals surface area contributed by atoms with Gasteiger partial charge in [-0.1, -0.05) is 91.8 Å². The van der Waals surface area contributed by atoms with Gasteiger partial charge in [0.2, 0.25) is 5.91 Å². The van der Waals surface area contributed by atoms with Crippen molar-refractivity contribution < 1.29 is 37.4 Å². The number of hydrogen-bond acceptors (Lipinski definition) is 6. The van der Waals surface area contributed by atoms with Gasteiger partial charge >= 0.3 is 12.2 Å². The Bertz CT molecular complexity index is 1730. The molecule has 3 unspecified atom stereocenters. The molecule has 0 aromatic heterocycles. The van der Waals surface area contributed by atoms with Gasteiger partial charge in [0.05, 0.1) is 12.1 Å². The zero-order valence-electron chi connectivity index (χ0n) is 30.4. The van der Waals surface area contributed by atoms with Gasteiger partial charge in [0.25, 0.3) is 5.91 Å². The van der Waals surface area contributed by atoms with E-state index in [0.717, 1.165) is 33.8 Å². The molecule has 2 aliphatic rings. The topological polar surface area (TPSA) is 93.2 Å². The monoisotopic (exact) mass is 714 g/mol. The van der Waals surface area contributed by atoms with Crippen LogP contribution in [0.1, 0.15) is 70.9 Å². The number of cyclic esters (lactones) is 2. The Hall–Kier alpha value is -5.12. The van der Waals surface area contributed by atoms with E-state index in [9.17, 15) is 28.0 Å². The highest BCUT2D eigenvalue weighted by Gasteiger charge is 2.42. The molecule has 3 atom stereocenters. The van der Waals surface area contributed by atoms with E-state index in [2.05, 4.69) is 0 Å². The van der Waals surface area contributed by atoms with Crippen molar-refractivity contribution in [3.63, 3.8) is 0 Å². The van der Waals surface area contributed by atoms with Crippen LogP contribution in [0.4, 0.5) is 18.4 Å². The fourth-order valence-electron chi connectivity index (χ4n) is 6.55. The first-order chi connectivity index (χ1) is 25.1. The van der Waals surface area contributed by atoms with Crippen LogP contribution in [0.2, 0.25) is 0 Å². The molecule has 2 aromatic carbocycles. The Kier molecular flexibility index (Phi) is 14.9. The molecule has 10 heteroatoms. The van der Waals surface area contributed by atoms with Gasteiger partial charge in [-0.15, -0.1) is 0 Å². The summed E-state index contributed by atoms with van der Waals surface area (Å²) in [5, 5.41) is 0. The van der Waals surface area contributed by atoms with Crippen LogP contribution >= 0.6 is 0 Å². The van der Waals surface area contributed by atoms with Crippen LogP contribution in [0, 0.1) is 17.6 Å². The number of benzene rings is 2. The maximum atomic E-state index is 14.4. The van der Waals surface area contributed by atoms with Crippen molar-refractivity contribution in [3.05, 3.63) is 131 Å². The molecule has 2 aliphatic heterocycles. The van der Waals surface area contributed by atoms with Crippen LogP contribution in [0.3, 0.4) is 0 Å². The second-order valence-electron chi connectivity index (χ2n) is 12.9. The zero-order valence-corrected chi connectivity index (χ0v) is 30.4. The van der Waals surface area contributed by atoms with Crippen LogP contribution < -0.4 is 0 Å². The van der Waals surface area contributed by atoms with E-state index in [1.807, 2.05) is 64.2 Å². The molecule has 52 heavy (non-hydrogen) atoms. The standard InChI is InChI=1S/C42H48F2N2O6/c1-5-9-29(10-6-2)25-37-27-51-41(49)45(37)39(47)33(23-31-13-19-35(43)20-14-31)17-18-34(24-32-15-21-36(44)22-16-32)40(48)46-38(28-52-42(46)50)26-30(11-7-3)12-8-4/h5,7,9-17,19-22,34,37-38H,6,8,18,23-28H2,1-4H3/b9-5?,11-7?,29-10?,30-12?,33-17+. The van der Waals surface area contributed by atoms with Crippen molar-refractivity contribution >= 4 is 24.0 Å². The van der Waals surface area contributed by atoms with E-state index >= 15 is 0 Å². The number of nitrogens with zero attached hydrogens (tertiary/aromatic N) is 2. The molecule has 0 aliphatic carbocycles. The lowest BCUT2D eigenvalue weighted by atomic mass is 9.91. The molecule has 0 N–H and O–H groups in total. The second kappa shape index (κ2) is 19.5. The van der Waals surface area contributed by atoms with Gasteiger partial charge in [-0.05, 0) is 87.8 Å². The molecular weight excluding hydrogens is 666 g/mol. The van der Waals surface area contributed by atoms with Gasteiger partial charge in [-0.25, -0.2) is 28.2 Å². The lowest BCUT2D eigenvalue weighted by Gasteiger charge is -2.26. The molecule has 4 rings (SSSR count). The normalized spacial score (nSPS) is 19.2. The summed E-state index contributed by atoms with van der Waals surface area (Å²) in [6, 6.07) is 10.3. The van der Waals surface area contributed by atoms with Gasteiger partial charge in [0, 0.05) is 17.9 Å². The lowest BCUT2D eigenvalue weighted by molar-refractivity contribution is -0.133. The molecule has 2 heterocycles. The molecule has 8 nitrogen and oxygen atoms in total.